The molecule has 6 nitrogen and oxygen atoms in total. The number of sulfonamides is 1. The molecular weight excluding hydrogens is 415 g/mol. The fourth-order valence-corrected chi connectivity index (χ4v) is 4.91. The highest BCUT2D eigenvalue weighted by Crippen LogP contribution is 2.24. The average Bonchev–Trinajstić information content (AvgIpc) is 2.81. The number of aromatic nitrogens is 1. The van der Waals surface area contributed by atoms with Crippen LogP contribution in [0.2, 0.25) is 0 Å². The first-order valence-corrected chi connectivity index (χ1v) is 11.7. The summed E-state index contributed by atoms with van der Waals surface area (Å²) in [4.78, 5) is 8.96. The van der Waals surface area contributed by atoms with Crippen LogP contribution < -0.4 is 9.62 Å². The van der Waals surface area contributed by atoms with Crippen molar-refractivity contribution in [2.75, 3.05) is 37.6 Å². The number of hydrogen-bond donors (Lipinski definition) is 1. The molecule has 3 aromatic rings. The second-order valence-corrected chi connectivity index (χ2v) is 9.23. The minimum atomic E-state index is -3.60. The number of anilines is 1. The van der Waals surface area contributed by atoms with Gasteiger partial charge in [0.1, 0.15) is 5.82 Å². The van der Waals surface area contributed by atoms with Crippen molar-refractivity contribution in [3.8, 4) is 0 Å². The van der Waals surface area contributed by atoms with Crippen molar-refractivity contribution in [2.24, 2.45) is 0 Å². The van der Waals surface area contributed by atoms with E-state index in [1.165, 1.54) is 12.1 Å². The van der Waals surface area contributed by atoms with E-state index in [1.807, 2.05) is 12.1 Å². The number of benzene rings is 2. The summed E-state index contributed by atoms with van der Waals surface area (Å²) in [7, 11) is -3.60. The number of piperazine rings is 1. The van der Waals surface area contributed by atoms with E-state index >= 15 is 0 Å². The van der Waals surface area contributed by atoms with Crippen LogP contribution in [-0.4, -0.2) is 51.0 Å². The third-order valence-corrected chi connectivity index (χ3v) is 6.98. The Morgan fingerprint density at radius 3 is 2.29 bits per heavy atom. The average molecular weight is 441 g/mol. The van der Waals surface area contributed by atoms with Crippen LogP contribution in [0.5, 0.6) is 0 Å². The molecule has 0 spiro atoms. The highest BCUT2D eigenvalue weighted by molar-refractivity contribution is 7.89. The summed E-state index contributed by atoms with van der Waals surface area (Å²) in [6.07, 6.45) is 3.50. The molecule has 2 aromatic carbocycles. The van der Waals surface area contributed by atoms with Gasteiger partial charge in [-0.1, -0.05) is 24.3 Å². The molecule has 1 aliphatic heterocycles. The lowest BCUT2D eigenvalue weighted by Gasteiger charge is -2.40. The third kappa shape index (κ3) is 5.28. The lowest BCUT2D eigenvalue weighted by Crippen LogP contribution is -2.50. The van der Waals surface area contributed by atoms with Crippen molar-refractivity contribution >= 4 is 15.7 Å². The standard InChI is InChI=1S/C23H25FN4O2S/c24-20-8-10-21(11-9-20)27-13-15-28(16-14-27)23(19-5-4-12-25-17-19)18-26-31(29,30)22-6-2-1-3-7-22/h1-12,17,23,26H,13-16,18H2/t23-/m0/s1. The van der Waals surface area contributed by atoms with Gasteiger partial charge in [-0.05, 0) is 48.0 Å². The van der Waals surface area contributed by atoms with Crippen LogP contribution in [0.25, 0.3) is 0 Å². The van der Waals surface area contributed by atoms with Crippen LogP contribution >= 0.6 is 0 Å². The smallest absolute Gasteiger partial charge is 0.240 e. The zero-order valence-corrected chi connectivity index (χ0v) is 17.9. The lowest BCUT2D eigenvalue weighted by molar-refractivity contribution is 0.186. The maximum absolute atomic E-state index is 13.2. The van der Waals surface area contributed by atoms with E-state index in [1.54, 1.807) is 54.9 Å². The Hall–Kier alpha value is -2.81. The van der Waals surface area contributed by atoms with Gasteiger partial charge < -0.3 is 4.90 Å². The van der Waals surface area contributed by atoms with Crippen LogP contribution in [0.4, 0.5) is 10.1 Å². The van der Waals surface area contributed by atoms with Crippen LogP contribution in [0, 0.1) is 5.82 Å². The van der Waals surface area contributed by atoms with Crippen molar-refractivity contribution < 1.29 is 12.8 Å². The van der Waals surface area contributed by atoms with Gasteiger partial charge in [-0.25, -0.2) is 17.5 Å². The minimum absolute atomic E-state index is 0.137. The van der Waals surface area contributed by atoms with Gasteiger partial charge in [0, 0.05) is 50.8 Å². The van der Waals surface area contributed by atoms with E-state index in [2.05, 4.69) is 19.5 Å². The normalized spacial score (nSPS) is 16.2. The number of nitrogens with zero attached hydrogens (tertiary/aromatic N) is 3. The monoisotopic (exact) mass is 440 g/mol. The zero-order valence-electron chi connectivity index (χ0n) is 17.1. The molecule has 1 fully saturated rings. The molecule has 0 bridgehead atoms. The van der Waals surface area contributed by atoms with Crippen molar-refractivity contribution in [2.45, 2.75) is 10.9 Å². The van der Waals surface area contributed by atoms with E-state index in [0.29, 0.717) is 0 Å². The maximum Gasteiger partial charge on any atom is 0.240 e. The van der Waals surface area contributed by atoms with E-state index < -0.39 is 10.0 Å². The van der Waals surface area contributed by atoms with Gasteiger partial charge in [0.2, 0.25) is 10.0 Å². The summed E-state index contributed by atoms with van der Waals surface area (Å²) in [5.41, 5.74) is 1.96. The van der Waals surface area contributed by atoms with Gasteiger partial charge >= 0.3 is 0 Å². The molecule has 1 aliphatic rings. The van der Waals surface area contributed by atoms with E-state index in [0.717, 1.165) is 37.4 Å². The maximum atomic E-state index is 13.2. The number of nitrogens with one attached hydrogen (secondary N) is 1. The van der Waals surface area contributed by atoms with Crippen LogP contribution in [0.3, 0.4) is 0 Å². The molecule has 4 rings (SSSR count). The summed E-state index contributed by atoms with van der Waals surface area (Å²) in [5, 5.41) is 0. The molecule has 0 saturated carbocycles. The molecule has 1 N–H and O–H groups in total. The van der Waals surface area contributed by atoms with E-state index in [-0.39, 0.29) is 23.3 Å². The molecular formula is C23H25FN4O2S. The van der Waals surface area contributed by atoms with Crippen molar-refractivity contribution in [1.82, 2.24) is 14.6 Å². The van der Waals surface area contributed by atoms with Crippen molar-refractivity contribution in [1.29, 1.82) is 0 Å². The molecule has 162 valence electrons. The Balaban J connectivity index is 1.47. The van der Waals surface area contributed by atoms with Gasteiger partial charge in [0.25, 0.3) is 0 Å². The fourth-order valence-electron chi connectivity index (χ4n) is 3.85. The Morgan fingerprint density at radius 1 is 0.935 bits per heavy atom. The van der Waals surface area contributed by atoms with Crippen LogP contribution in [-0.2, 0) is 10.0 Å². The Bertz CT molecular complexity index is 1070. The Morgan fingerprint density at radius 2 is 1.65 bits per heavy atom. The van der Waals surface area contributed by atoms with Gasteiger partial charge in [-0.15, -0.1) is 0 Å². The molecule has 8 heteroatoms. The SMILES string of the molecule is O=S(=O)(NC[C@@H](c1cccnc1)N1CCN(c2ccc(F)cc2)CC1)c1ccccc1. The number of hydrogen-bond acceptors (Lipinski definition) is 5. The third-order valence-electron chi connectivity index (χ3n) is 5.54. The first-order chi connectivity index (χ1) is 15.0. The minimum Gasteiger partial charge on any atom is -0.369 e. The quantitative estimate of drug-likeness (QED) is 0.612. The highest BCUT2D eigenvalue weighted by Gasteiger charge is 2.27. The van der Waals surface area contributed by atoms with Gasteiger partial charge in [0.15, 0.2) is 0 Å². The van der Waals surface area contributed by atoms with Crippen molar-refractivity contribution in [3.05, 3.63) is 90.5 Å². The summed E-state index contributed by atoms with van der Waals surface area (Å²) in [6.45, 7) is 3.30. The number of rotatable bonds is 7. The first kappa shape index (κ1) is 21.4. The molecule has 0 amide bonds. The van der Waals surface area contributed by atoms with E-state index in [9.17, 15) is 12.8 Å². The Kier molecular flexibility index (Phi) is 6.60. The summed E-state index contributed by atoms with van der Waals surface area (Å²) in [5.74, 6) is -0.246. The largest absolute Gasteiger partial charge is 0.369 e. The molecule has 0 unspecified atom stereocenters. The topological polar surface area (TPSA) is 65.5 Å². The summed E-state index contributed by atoms with van der Waals surface area (Å²) < 4.78 is 41.5. The highest BCUT2D eigenvalue weighted by atomic mass is 32.2. The van der Waals surface area contributed by atoms with Crippen LogP contribution in [0.15, 0.2) is 84.0 Å². The fraction of sp³-hybridized carbons (Fsp3) is 0.261. The first-order valence-electron chi connectivity index (χ1n) is 10.2. The van der Waals surface area contributed by atoms with Crippen molar-refractivity contribution in [3.63, 3.8) is 0 Å². The summed E-state index contributed by atoms with van der Waals surface area (Å²) >= 11 is 0. The second-order valence-electron chi connectivity index (χ2n) is 7.47. The van der Waals surface area contributed by atoms with Gasteiger partial charge in [-0.2, -0.15) is 0 Å². The zero-order chi connectivity index (χ0) is 21.7. The molecule has 1 atom stereocenters. The predicted octanol–water partition coefficient (Wildman–Crippen LogP) is 3.06. The van der Waals surface area contributed by atoms with Gasteiger partial charge in [-0.3, -0.25) is 9.88 Å². The predicted molar refractivity (Wildman–Crippen MR) is 119 cm³/mol. The lowest BCUT2D eigenvalue weighted by atomic mass is 10.1. The molecule has 0 radical (unpaired) electrons. The molecule has 2 heterocycles. The second kappa shape index (κ2) is 9.55. The molecule has 31 heavy (non-hydrogen) atoms. The molecule has 0 aliphatic carbocycles. The Labute approximate surface area is 182 Å². The van der Waals surface area contributed by atoms with E-state index in [4.69, 9.17) is 0 Å². The molecule has 1 aromatic heterocycles. The molecule has 1 saturated heterocycles. The number of halogens is 1. The van der Waals surface area contributed by atoms with Crippen LogP contribution in [0.1, 0.15) is 11.6 Å². The van der Waals surface area contributed by atoms with Gasteiger partial charge in [0.05, 0.1) is 10.9 Å². The summed E-state index contributed by atoms with van der Waals surface area (Å²) in [6, 6.07) is 18.6. The number of pyridine rings is 1.